The first-order valence-corrected chi connectivity index (χ1v) is 5.21. The number of carbonyl (C=O) groups is 2. The summed E-state index contributed by atoms with van der Waals surface area (Å²) in [4.78, 5) is 22.6. The quantitative estimate of drug-likeness (QED) is 0.577. The van der Waals surface area contributed by atoms with Gasteiger partial charge in [-0.15, -0.1) is 0 Å². The summed E-state index contributed by atoms with van der Waals surface area (Å²) in [6.07, 6.45) is 0.259. The molecule has 16 heavy (non-hydrogen) atoms. The highest BCUT2D eigenvalue weighted by molar-refractivity contribution is 7.82. The van der Waals surface area contributed by atoms with Crippen LogP contribution in [-0.4, -0.2) is 23.7 Å². The predicted molar refractivity (Wildman–Crippen MR) is 64.4 cm³/mol. The second-order valence-corrected chi connectivity index (χ2v) is 3.79. The van der Waals surface area contributed by atoms with Crippen molar-refractivity contribution in [2.45, 2.75) is 12.8 Å². The average molecular weight is 236 g/mol. The third kappa shape index (κ3) is 3.90. The first kappa shape index (κ1) is 12.5. The molecule has 0 N–H and O–H groups in total. The molecule has 0 atom stereocenters. The molecule has 0 fully saturated rings. The molecular formula is C12H12O3S. The van der Waals surface area contributed by atoms with E-state index in [1.807, 2.05) is 30.3 Å². The van der Waals surface area contributed by atoms with E-state index in [2.05, 4.69) is 4.74 Å². The molecular weight excluding hydrogens is 224 g/mol. The van der Waals surface area contributed by atoms with Crippen LogP contribution >= 0.6 is 12.2 Å². The highest BCUT2D eigenvalue weighted by Crippen LogP contribution is 2.03. The van der Waals surface area contributed by atoms with Crippen molar-refractivity contribution in [3.63, 3.8) is 0 Å². The van der Waals surface area contributed by atoms with Gasteiger partial charge in [0, 0.05) is 12.8 Å². The van der Waals surface area contributed by atoms with E-state index in [-0.39, 0.29) is 23.5 Å². The lowest BCUT2D eigenvalue weighted by Gasteiger charge is -2.01. The first-order chi connectivity index (χ1) is 7.63. The molecule has 1 rings (SSSR count). The average Bonchev–Trinajstić information content (AvgIpc) is 2.29. The lowest BCUT2D eigenvalue weighted by molar-refractivity contribution is -0.133. The number of methoxy groups -OCH3 is 1. The maximum absolute atomic E-state index is 11.5. The molecule has 0 saturated heterocycles. The predicted octanol–water partition coefficient (Wildman–Crippen LogP) is 1.73. The lowest BCUT2D eigenvalue weighted by Crippen LogP contribution is -2.18. The molecule has 0 saturated carbocycles. The monoisotopic (exact) mass is 236 g/mol. The highest BCUT2D eigenvalue weighted by atomic mass is 32.1. The molecule has 3 nitrogen and oxygen atoms in total. The van der Waals surface area contributed by atoms with E-state index in [4.69, 9.17) is 12.2 Å². The Bertz CT molecular complexity index is 398. The van der Waals surface area contributed by atoms with Gasteiger partial charge in [0.25, 0.3) is 0 Å². The van der Waals surface area contributed by atoms with E-state index in [0.717, 1.165) is 5.56 Å². The number of hydrogen-bond donors (Lipinski definition) is 0. The molecule has 1 aromatic rings. The largest absolute Gasteiger partial charge is 0.465 e. The highest BCUT2D eigenvalue weighted by Gasteiger charge is 2.14. The van der Waals surface area contributed by atoms with Crippen molar-refractivity contribution in [3.8, 4) is 0 Å². The van der Waals surface area contributed by atoms with Crippen molar-refractivity contribution in [3.05, 3.63) is 35.9 Å². The fourth-order valence-electron chi connectivity index (χ4n) is 1.25. The maximum atomic E-state index is 11.5. The molecule has 0 bridgehead atoms. The lowest BCUT2D eigenvalue weighted by atomic mass is 10.1. The van der Waals surface area contributed by atoms with Crippen LogP contribution in [-0.2, 0) is 20.7 Å². The van der Waals surface area contributed by atoms with Crippen molar-refractivity contribution in [1.29, 1.82) is 0 Å². The normalized spacial score (nSPS) is 9.56. The van der Waals surface area contributed by atoms with E-state index >= 15 is 0 Å². The number of ketones is 1. The minimum Gasteiger partial charge on any atom is -0.465 e. The molecule has 0 heterocycles. The summed E-state index contributed by atoms with van der Waals surface area (Å²) in [7, 11) is 1.25. The smallest absolute Gasteiger partial charge is 0.345 e. The van der Waals surface area contributed by atoms with Gasteiger partial charge >= 0.3 is 5.97 Å². The molecule has 1 aromatic carbocycles. The van der Waals surface area contributed by atoms with Crippen LogP contribution in [0.2, 0.25) is 0 Å². The first-order valence-electron chi connectivity index (χ1n) is 4.80. The van der Waals surface area contributed by atoms with Gasteiger partial charge < -0.3 is 4.74 Å². The van der Waals surface area contributed by atoms with Crippen molar-refractivity contribution in [2.75, 3.05) is 7.11 Å². The fraction of sp³-hybridized carbons (Fsp3) is 0.250. The van der Waals surface area contributed by atoms with Crippen LogP contribution < -0.4 is 0 Å². The summed E-state index contributed by atoms with van der Waals surface area (Å²) in [5.41, 5.74) is 0.917. The van der Waals surface area contributed by atoms with Gasteiger partial charge in [-0.25, -0.2) is 4.79 Å². The molecule has 0 aliphatic heterocycles. The third-order valence-corrected chi connectivity index (χ3v) is 2.33. The minimum absolute atomic E-state index is 0.0309. The summed E-state index contributed by atoms with van der Waals surface area (Å²) < 4.78 is 4.43. The summed E-state index contributed by atoms with van der Waals surface area (Å²) in [5, 5.41) is 0. The zero-order chi connectivity index (χ0) is 12.0. The van der Waals surface area contributed by atoms with Crippen LogP contribution in [0.5, 0.6) is 0 Å². The van der Waals surface area contributed by atoms with Crippen molar-refractivity contribution in [2.24, 2.45) is 0 Å². The van der Waals surface area contributed by atoms with Crippen LogP contribution in [0.1, 0.15) is 12.0 Å². The van der Waals surface area contributed by atoms with E-state index in [1.165, 1.54) is 7.11 Å². The Morgan fingerprint density at radius 3 is 2.44 bits per heavy atom. The molecule has 0 amide bonds. The number of rotatable bonds is 5. The molecule has 84 valence electrons. The van der Waals surface area contributed by atoms with Gasteiger partial charge in [0.2, 0.25) is 0 Å². The van der Waals surface area contributed by atoms with E-state index < -0.39 is 5.97 Å². The summed E-state index contributed by atoms with van der Waals surface area (Å²) >= 11 is 4.77. The van der Waals surface area contributed by atoms with E-state index in [9.17, 15) is 9.59 Å². The summed E-state index contributed by atoms with van der Waals surface area (Å²) in [5.74, 6) is -0.682. The van der Waals surface area contributed by atoms with Gasteiger partial charge in [0.05, 0.1) is 7.11 Å². The number of esters is 1. The SMILES string of the molecule is COC(=O)C(=S)CC(=O)Cc1ccccc1. The Labute approximate surface area is 99.4 Å². The van der Waals surface area contributed by atoms with Gasteiger partial charge in [-0.3, -0.25) is 4.79 Å². The Kier molecular flexibility index (Phi) is 4.79. The standard InChI is InChI=1S/C12H12O3S/c1-15-12(14)11(16)8-10(13)7-9-5-3-2-4-6-9/h2-6H,7-8H2,1H3. The van der Waals surface area contributed by atoms with E-state index in [0.29, 0.717) is 0 Å². The molecule has 0 aromatic heterocycles. The minimum atomic E-state index is -0.601. The van der Waals surface area contributed by atoms with Crippen LogP contribution in [0, 0.1) is 0 Å². The Morgan fingerprint density at radius 1 is 1.25 bits per heavy atom. The molecule has 0 spiro atoms. The van der Waals surface area contributed by atoms with Gasteiger partial charge in [-0.2, -0.15) is 0 Å². The number of hydrogen-bond acceptors (Lipinski definition) is 4. The second kappa shape index (κ2) is 6.12. The van der Waals surface area contributed by atoms with Crippen LogP contribution in [0.25, 0.3) is 0 Å². The number of benzene rings is 1. The Hall–Kier alpha value is -1.55. The summed E-state index contributed by atoms with van der Waals surface area (Å²) in [6.45, 7) is 0. The maximum Gasteiger partial charge on any atom is 0.345 e. The van der Waals surface area contributed by atoms with Gasteiger partial charge in [-0.05, 0) is 5.56 Å². The van der Waals surface area contributed by atoms with Gasteiger partial charge in [0.1, 0.15) is 10.6 Å². The van der Waals surface area contributed by atoms with Crippen molar-refractivity contribution >= 4 is 28.8 Å². The number of Topliss-reactive ketones (excluding diaryl/α,β-unsaturated/α-hetero) is 1. The number of thiocarbonyl (C=S) groups is 1. The summed E-state index contributed by atoms with van der Waals surface area (Å²) in [6, 6.07) is 9.33. The van der Waals surface area contributed by atoms with Crippen LogP contribution in [0.4, 0.5) is 0 Å². The second-order valence-electron chi connectivity index (χ2n) is 3.29. The van der Waals surface area contributed by atoms with Crippen molar-refractivity contribution < 1.29 is 14.3 Å². The molecule has 0 aliphatic rings. The molecule has 0 aliphatic carbocycles. The zero-order valence-corrected chi connectivity index (χ0v) is 9.75. The topological polar surface area (TPSA) is 43.4 Å². The zero-order valence-electron chi connectivity index (χ0n) is 8.93. The van der Waals surface area contributed by atoms with Crippen LogP contribution in [0.3, 0.4) is 0 Å². The third-order valence-electron chi connectivity index (χ3n) is 2.01. The van der Waals surface area contributed by atoms with Gasteiger partial charge in [0.15, 0.2) is 0 Å². The number of carbonyl (C=O) groups excluding carboxylic acids is 2. The fourth-order valence-corrected chi connectivity index (χ4v) is 1.50. The van der Waals surface area contributed by atoms with Crippen LogP contribution in [0.15, 0.2) is 30.3 Å². The van der Waals surface area contributed by atoms with E-state index in [1.54, 1.807) is 0 Å². The number of ether oxygens (including phenoxy) is 1. The Morgan fingerprint density at radius 2 is 1.88 bits per heavy atom. The molecule has 4 heteroatoms. The Balaban J connectivity index is 2.49. The molecule has 0 radical (unpaired) electrons. The molecule has 0 unspecified atom stereocenters. The van der Waals surface area contributed by atoms with Gasteiger partial charge in [-0.1, -0.05) is 42.5 Å². The van der Waals surface area contributed by atoms with Crippen molar-refractivity contribution in [1.82, 2.24) is 0 Å².